The molecule has 5 nitrogen and oxygen atoms in total. The molecule has 1 rings (SSSR count). The second-order valence-electron chi connectivity index (χ2n) is 4.87. The fourth-order valence-electron chi connectivity index (χ4n) is 1.77. The van der Waals surface area contributed by atoms with Gasteiger partial charge in [-0.3, -0.25) is 9.59 Å². The first kappa shape index (κ1) is 15.0. The Morgan fingerprint density at radius 3 is 2.47 bits per heavy atom. The lowest BCUT2D eigenvalue weighted by Crippen LogP contribution is -2.30. The lowest BCUT2D eigenvalue weighted by molar-refractivity contribution is -0.148. The Kier molecular flexibility index (Phi) is 4.87. The maximum absolute atomic E-state index is 12.1. The summed E-state index contributed by atoms with van der Waals surface area (Å²) >= 11 is 0. The van der Waals surface area contributed by atoms with Crippen LogP contribution in [0.2, 0.25) is 0 Å². The summed E-state index contributed by atoms with van der Waals surface area (Å²) in [5, 5.41) is 8.87. The van der Waals surface area contributed by atoms with Gasteiger partial charge in [-0.1, -0.05) is 13.8 Å². The number of hydrogen-bond donors (Lipinski definition) is 0. The van der Waals surface area contributed by atoms with Crippen LogP contribution in [-0.2, 0) is 16.1 Å². The zero-order valence-corrected chi connectivity index (χ0v) is 11.6. The maximum atomic E-state index is 12.1. The molecule has 1 heterocycles. The molecular weight excluding hydrogens is 244 g/mol. The van der Waals surface area contributed by atoms with Gasteiger partial charge in [0.15, 0.2) is 0 Å². The van der Waals surface area contributed by atoms with Crippen molar-refractivity contribution in [2.45, 2.75) is 46.3 Å². The summed E-state index contributed by atoms with van der Waals surface area (Å²) in [5.41, 5.74) is 0.292. The zero-order valence-electron chi connectivity index (χ0n) is 11.6. The van der Waals surface area contributed by atoms with Crippen LogP contribution in [0.4, 0.5) is 0 Å². The van der Waals surface area contributed by atoms with E-state index in [0.29, 0.717) is 5.69 Å². The number of pyridine rings is 1. The Bertz CT molecular complexity index is 565. The predicted octanol–water partition coefficient (Wildman–Crippen LogP) is 1.79. The van der Waals surface area contributed by atoms with E-state index in [9.17, 15) is 9.59 Å². The zero-order chi connectivity index (χ0) is 14.6. The van der Waals surface area contributed by atoms with Crippen molar-refractivity contribution in [2.24, 2.45) is 0 Å². The molecule has 19 heavy (non-hydrogen) atoms. The molecule has 1 aromatic rings. The van der Waals surface area contributed by atoms with Gasteiger partial charge in [-0.25, -0.2) is 0 Å². The molecule has 102 valence electrons. The third-order valence-corrected chi connectivity index (χ3v) is 2.57. The smallest absolute Gasteiger partial charge is 0.326 e. The van der Waals surface area contributed by atoms with Gasteiger partial charge in [0.25, 0.3) is 5.56 Å². The molecule has 0 atom stereocenters. The topological polar surface area (TPSA) is 72.1 Å². The number of hydrogen-bond acceptors (Lipinski definition) is 4. The van der Waals surface area contributed by atoms with E-state index in [-0.39, 0.29) is 24.1 Å². The van der Waals surface area contributed by atoms with Gasteiger partial charge >= 0.3 is 5.97 Å². The van der Waals surface area contributed by atoms with Crippen molar-refractivity contribution < 1.29 is 9.53 Å². The van der Waals surface area contributed by atoms with Crippen LogP contribution in [0.1, 0.15) is 44.9 Å². The van der Waals surface area contributed by atoms with Crippen molar-refractivity contribution in [3.05, 3.63) is 33.7 Å². The minimum atomic E-state index is -0.478. The number of nitriles is 1. The molecule has 0 saturated heterocycles. The first-order chi connectivity index (χ1) is 8.86. The van der Waals surface area contributed by atoms with Crippen molar-refractivity contribution in [3.63, 3.8) is 0 Å². The Balaban J connectivity index is 3.20. The standard InChI is InChI=1S/C14H18N2O3/c1-9(2)12-6-5-11(7-15)14(18)16(12)8-13(17)19-10(3)4/h5-6,9-10H,8H2,1-4H3. The quantitative estimate of drug-likeness (QED) is 0.775. The summed E-state index contributed by atoms with van der Waals surface area (Å²) in [6, 6.07) is 5.02. The van der Waals surface area contributed by atoms with Gasteiger partial charge in [-0.05, 0) is 31.9 Å². The molecule has 0 aliphatic carbocycles. The molecule has 0 aliphatic heterocycles. The van der Waals surface area contributed by atoms with E-state index < -0.39 is 11.5 Å². The molecule has 0 spiro atoms. The van der Waals surface area contributed by atoms with Crippen LogP contribution in [0.5, 0.6) is 0 Å². The summed E-state index contributed by atoms with van der Waals surface area (Å²) in [7, 11) is 0. The second kappa shape index (κ2) is 6.19. The Morgan fingerprint density at radius 2 is 2.00 bits per heavy atom. The van der Waals surface area contributed by atoms with Crippen LogP contribution in [-0.4, -0.2) is 16.6 Å². The second-order valence-corrected chi connectivity index (χ2v) is 4.87. The van der Waals surface area contributed by atoms with Crippen molar-refractivity contribution >= 4 is 5.97 Å². The number of rotatable bonds is 4. The molecule has 0 aliphatic rings. The van der Waals surface area contributed by atoms with E-state index >= 15 is 0 Å². The van der Waals surface area contributed by atoms with Crippen molar-refractivity contribution in [1.82, 2.24) is 4.57 Å². The largest absolute Gasteiger partial charge is 0.462 e. The summed E-state index contributed by atoms with van der Waals surface area (Å²) in [5.74, 6) is -0.401. The molecule has 0 saturated carbocycles. The fourth-order valence-corrected chi connectivity index (χ4v) is 1.77. The first-order valence-corrected chi connectivity index (χ1v) is 6.20. The predicted molar refractivity (Wildman–Crippen MR) is 70.7 cm³/mol. The minimum absolute atomic E-state index is 0.0294. The molecule has 0 bridgehead atoms. The van der Waals surface area contributed by atoms with Gasteiger partial charge in [0, 0.05) is 5.69 Å². The first-order valence-electron chi connectivity index (χ1n) is 6.20. The molecule has 1 aromatic heterocycles. The fraction of sp³-hybridized carbons (Fsp3) is 0.500. The SMILES string of the molecule is CC(C)OC(=O)Cn1c(C(C)C)ccc(C#N)c1=O. The van der Waals surface area contributed by atoms with Gasteiger partial charge < -0.3 is 9.30 Å². The third kappa shape index (κ3) is 3.68. The van der Waals surface area contributed by atoms with Crippen LogP contribution >= 0.6 is 0 Å². The highest BCUT2D eigenvalue weighted by molar-refractivity contribution is 5.69. The highest BCUT2D eigenvalue weighted by Gasteiger charge is 2.15. The normalized spacial score (nSPS) is 10.6. The van der Waals surface area contributed by atoms with Crippen LogP contribution in [0.25, 0.3) is 0 Å². The van der Waals surface area contributed by atoms with Crippen LogP contribution < -0.4 is 5.56 Å². The lowest BCUT2D eigenvalue weighted by Gasteiger charge is -2.16. The molecule has 0 radical (unpaired) electrons. The average Bonchev–Trinajstić information content (AvgIpc) is 2.30. The number of esters is 1. The van der Waals surface area contributed by atoms with E-state index in [1.807, 2.05) is 19.9 Å². The summed E-state index contributed by atoms with van der Waals surface area (Å²) < 4.78 is 6.35. The van der Waals surface area contributed by atoms with Crippen molar-refractivity contribution in [2.75, 3.05) is 0 Å². The Morgan fingerprint density at radius 1 is 1.37 bits per heavy atom. The van der Waals surface area contributed by atoms with Crippen LogP contribution in [0.15, 0.2) is 16.9 Å². The third-order valence-electron chi connectivity index (χ3n) is 2.57. The lowest BCUT2D eigenvalue weighted by atomic mass is 10.1. The number of carbonyl (C=O) groups is 1. The summed E-state index contributed by atoms with van der Waals surface area (Å²) in [6.45, 7) is 7.17. The molecule has 0 N–H and O–H groups in total. The molecule has 0 unspecified atom stereocenters. The number of aromatic nitrogens is 1. The van der Waals surface area contributed by atoms with E-state index in [2.05, 4.69) is 0 Å². The highest BCUT2D eigenvalue weighted by Crippen LogP contribution is 2.13. The molecular formula is C14H18N2O3. The van der Waals surface area contributed by atoms with Gasteiger partial charge in [0.1, 0.15) is 18.2 Å². The monoisotopic (exact) mass is 262 g/mol. The van der Waals surface area contributed by atoms with E-state index in [1.54, 1.807) is 19.9 Å². The van der Waals surface area contributed by atoms with Gasteiger partial charge in [-0.15, -0.1) is 0 Å². The summed E-state index contributed by atoms with van der Waals surface area (Å²) in [6.07, 6.45) is -0.232. The average molecular weight is 262 g/mol. The molecule has 5 heteroatoms. The van der Waals surface area contributed by atoms with Gasteiger partial charge in [0.05, 0.1) is 6.10 Å². The molecule has 0 fully saturated rings. The summed E-state index contributed by atoms with van der Waals surface area (Å²) in [4.78, 5) is 23.8. The van der Waals surface area contributed by atoms with E-state index in [4.69, 9.17) is 10.00 Å². The van der Waals surface area contributed by atoms with Crippen LogP contribution in [0, 0.1) is 11.3 Å². The number of ether oxygens (including phenoxy) is 1. The number of nitrogens with zero attached hydrogens (tertiary/aromatic N) is 2. The number of carbonyl (C=O) groups excluding carboxylic acids is 1. The molecule has 0 aromatic carbocycles. The Labute approximate surface area is 112 Å². The van der Waals surface area contributed by atoms with Crippen molar-refractivity contribution in [3.8, 4) is 6.07 Å². The van der Waals surface area contributed by atoms with Gasteiger partial charge in [0.2, 0.25) is 0 Å². The van der Waals surface area contributed by atoms with Crippen LogP contribution in [0.3, 0.4) is 0 Å². The van der Waals surface area contributed by atoms with E-state index in [0.717, 1.165) is 0 Å². The Hall–Kier alpha value is -2.09. The van der Waals surface area contributed by atoms with Crippen molar-refractivity contribution in [1.29, 1.82) is 5.26 Å². The highest BCUT2D eigenvalue weighted by atomic mass is 16.5. The minimum Gasteiger partial charge on any atom is -0.462 e. The van der Waals surface area contributed by atoms with Gasteiger partial charge in [-0.2, -0.15) is 5.26 Å². The van der Waals surface area contributed by atoms with E-state index in [1.165, 1.54) is 10.6 Å². The maximum Gasteiger partial charge on any atom is 0.326 e. The molecule has 0 amide bonds.